The second-order valence-corrected chi connectivity index (χ2v) is 6.46. The van der Waals surface area contributed by atoms with Gasteiger partial charge in [0, 0.05) is 18.4 Å². The first-order valence-corrected chi connectivity index (χ1v) is 8.98. The molecular formula is C15H20N6OS. The van der Waals surface area contributed by atoms with Gasteiger partial charge in [0.2, 0.25) is 0 Å². The maximum Gasteiger partial charge on any atom is 0.254 e. The molecule has 1 aliphatic carbocycles. The largest absolute Gasteiger partial charge is 0.342 e. The lowest BCUT2D eigenvalue weighted by molar-refractivity contribution is 0.0936. The van der Waals surface area contributed by atoms with Gasteiger partial charge in [-0.15, -0.1) is 10.2 Å². The van der Waals surface area contributed by atoms with Crippen LogP contribution in [0.5, 0.6) is 0 Å². The van der Waals surface area contributed by atoms with Gasteiger partial charge >= 0.3 is 0 Å². The number of aromatic nitrogens is 5. The summed E-state index contributed by atoms with van der Waals surface area (Å²) in [5.74, 6) is 0.595. The van der Waals surface area contributed by atoms with E-state index >= 15 is 0 Å². The maximum atomic E-state index is 12.3. The average Bonchev–Trinajstić information content (AvgIpc) is 3.25. The van der Waals surface area contributed by atoms with Crippen molar-refractivity contribution in [1.29, 1.82) is 0 Å². The van der Waals surface area contributed by atoms with Crippen LogP contribution in [0.3, 0.4) is 0 Å². The highest BCUT2D eigenvalue weighted by atomic mass is 32.2. The number of carbonyl (C=O) groups excluding carboxylic acids is 1. The van der Waals surface area contributed by atoms with Gasteiger partial charge in [-0.25, -0.2) is 9.97 Å². The van der Waals surface area contributed by atoms with Crippen LogP contribution in [0.25, 0.3) is 0 Å². The van der Waals surface area contributed by atoms with Crippen molar-refractivity contribution in [2.24, 2.45) is 0 Å². The van der Waals surface area contributed by atoms with Crippen molar-refractivity contribution in [2.75, 3.05) is 6.26 Å². The van der Waals surface area contributed by atoms with Gasteiger partial charge in [0.15, 0.2) is 11.0 Å². The van der Waals surface area contributed by atoms with E-state index in [2.05, 4.69) is 30.0 Å². The van der Waals surface area contributed by atoms with Crippen LogP contribution in [0.2, 0.25) is 0 Å². The molecule has 3 rings (SSSR count). The fourth-order valence-corrected chi connectivity index (χ4v) is 3.22. The van der Waals surface area contributed by atoms with Gasteiger partial charge in [-0.1, -0.05) is 24.6 Å². The minimum Gasteiger partial charge on any atom is -0.342 e. The van der Waals surface area contributed by atoms with E-state index < -0.39 is 0 Å². The Morgan fingerprint density at radius 3 is 2.70 bits per heavy atom. The molecule has 2 aromatic rings. The highest BCUT2D eigenvalue weighted by molar-refractivity contribution is 7.98. The highest BCUT2D eigenvalue weighted by Crippen LogP contribution is 2.31. The molecule has 1 atom stereocenters. The van der Waals surface area contributed by atoms with E-state index in [0.29, 0.717) is 16.8 Å². The molecule has 0 unspecified atom stereocenters. The summed E-state index contributed by atoms with van der Waals surface area (Å²) in [6.07, 6.45) is 11.5. The monoisotopic (exact) mass is 332 g/mol. The second-order valence-electron chi connectivity index (χ2n) is 5.69. The number of amides is 1. The van der Waals surface area contributed by atoms with E-state index in [1.165, 1.54) is 24.6 Å². The second kappa shape index (κ2) is 7.08. The van der Waals surface area contributed by atoms with Crippen molar-refractivity contribution in [2.45, 2.75) is 49.8 Å². The maximum absolute atomic E-state index is 12.3. The molecule has 0 aromatic carbocycles. The topological polar surface area (TPSA) is 85.6 Å². The third-order valence-corrected chi connectivity index (χ3v) is 4.70. The van der Waals surface area contributed by atoms with Crippen LogP contribution in [-0.2, 0) is 0 Å². The Bertz CT molecular complexity index is 665. The van der Waals surface area contributed by atoms with E-state index in [0.717, 1.165) is 18.7 Å². The van der Waals surface area contributed by atoms with Crippen LogP contribution in [0.4, 0.5) is 0 Å². The molecule has 1 fully saturated rings. The Labute approximate surface area is 139 Å². The summed E-state index contributed by atoms with van der Waals surface area (Å²) in [6, 6.07) is 0.231. The molecule has 0 bridgehead atoms. The van der Waals surface area contributed by atoms with Crippen molar-refractivity contribution in [3.05, 3.63) is 30.1 Å². The quantitative estimate of drug-likeness (QED) is 0.668. The van der Waals surface area contributed by atoms with Crippen LogP contribution >= 0.6 is 11.8 Å². The Balaban J connectivity index is 1.69. The van der Waals surface area contributed by atoms with Gasteiger partial charge in [-0.3, -0.25) is 4.79 Å². The first-order valence-electron chi connectivity index (χ1n) is 7.75. The van der Waals surface area contributed by atoms with Gasteiger partial charge in [0.25, 0.3) is 5.91 Å². The normalized spacial score (nSPS) is 16.4. The zero-order valence-electron chi connectivity index (χ0n) is 13.3. The summed E-state index contributed by atoms with van der Waals surface area (Å²) in [6.45, 7) is 1.92. The lowest BCUT2D eigenvalue weighted by Gasteiger charge is -2.18. The highest BCUT2D eigenvalue weighted by Gasteiger charge is 2.23. The fourth-order valence-electron chi connectivity index (χ4n) is 2.91. The zero-order chi connectivity index (χ0) is 16.2. The summed E-state index contributed by atoms with van der Waals surface area (Å²) in [7, 11) is 0. The molecule has 1 amide bonds. The van der Waals surface area contributed by atoms with Crippen LogP contribution in [0.15, 0.2) is 23.9 Å². The van der Waals surface area contributed by atoms with Crippen molar-refractivity contribution < 1.29 is 4.79 Å². The Morgan fingerprint density at radius 2 is 2.04 bits per heavy atom. The molecule has 122 valence electrons. The number of hydrogen-bond acceptors (Lipinski definition) is 6. The Hall–Kier alpha value is -1.96. The van der Waals surface area contributed by atoms with Crippen LogP contribution < -0.4 is 5.32 Å². The van der Waals surface area contributed by atoms with Crippen LogP contribution in [0, 0.1) is 0 Å². The first kappa shape index (κ1) is 15.9. The van der Waals surface area contributed by atoms with Crippen molar-refractivity contribution in [1.82, 2.24) is 30.0 Å². The molecule has 0 radical (unpaired) electrons. The van der Waals surface area contributed by atoms with Crippen LogP contribution in [-0.4, -0.2) is 36.9 Å². The van der Waals surface area contributed by atoms with Gasteiger partial charge in [0.05, 0.1) is 11.6 Å². The van der Waals surface area contributed by atoms with E-state index in [4.69, 9.17) is 0 Å². The number of thioether (sulfide) groups is 1. The number of nitrogens with one attached hydrogen (secondary N) is 1. The summed E-state index contributed by atoms with van der Waals surface area (Å²) < 4.78 is 2.10. The summed E-state index contributed by atoms with van der Waals surface area (Å²) in [5, 5.41) is 11.8. The van der Waals surface area contributed by atoms with E-state index in [1.54, 1.807) is 18.7 Å². The smallest absolute Gasteiger partial charge is 0.254 e. The minimum absolute atomic E-state index is 0.203. The lowest BCUT2D eigenvalue weighted by atomic mass is 10.2. The van der Waals surface area contributed by atoms with Crippen LogP contribution in [0.1, 0.15) is 60.9 Å². The molecule has 1 aliphatic rings. The molecule has 2 aromatic heterocycles. The molecule has 23 heavy (non-hydrogen) atoms. The number of rotatable bonds is 5. The molecule has 1 N–H and O–H groups in total. The SMILES string of the molecule is CSc1ncc(C(=O)N[C@H](C)c2nncn2C2CCCC2)cn1. The van der Waals surface area contributed by atoms with E-state index in [-0.39, 0.29) is 11.9 Å². The van der Waals surface area contributed by atoms with Gasteiger partial charge in [0.1, 0.15) is 6.33 Å². The van der Waals surface area contributed by atoms with Gasteiger partial charge < -0.3 is 9.88 Å². The Kier molecular flexibility index (Phi) is 4.90. The van der Waals surface area contributed by atoms with E-state index in [1.807, 2.05) is 13.2 Å². The third kappa shape index (κ3) is 3.52. The summed E-state index contributed by atoms with van der Waals surface area (Å²) in [4.78, 5) is 20.6. The first-order chi connectivity index (χ1) is 11.2. The lowest BCUT2D eigenvalue weighted by Crippen LogP contribution is -2.29. The van der Waals surface area contributed by atoms with Crippen molar-refractivity contribution in [3.8, 4) is 0 Å². The zero-order valence-corrected chi connectivity index (χ0v) is 14.1. The molecule has 0 aliphatic heterocycles. The minimum atomic E-state index is -0.217. The predicted octanol–water partition coefficient (Wildman–Crippen LogP) is 2.40. The predicted molar refractivity (Wildman–Crippen MR) is 87.2 cm³/mol. The molecule has 8 heteroatoms. The van der Waals surface area contributed by atoms with Gasteiger partial charge in [-0.05, 0) is 26.0 Å². The molecule has 2 heterocycles. The molecule has 1 saturated carbocycles. The standard InChI is InChI=1S/C15H20N6OS/c1-10(13-20-18-9-21(13)12-5-3-4-6-12)19-14(22)11-7-16-15(23-2)17-8-11/h7-10,12H,3-6H2,1-2H3,(H,19,22)/t10-/m1/s1. The molecular weight excluding hydrogens is 312 g/mol. The molecule has 0 saturated heterocycles. The number of nitrogens with zero attached hydrogens (tertiary/aromatic N) is 5. The third-order valence-electron chi connectivity index (χ3n) is 4.13. The van der Waals surface area contributed by atoms with Gasteiger partial charge in [-0.2, -0.15) is 0 Å². The van der Waals surface area contributed by atoms with Crippen molar-refractivity contribution in [3.63, 3.8) is 0 Å². The number of hydrogen-bond donors (Lipinski definition) is 1. The summed E-state index contributed by atoms with van der Waals surface area (Å²) >= 11 is 1.44. The summed E-state index contributed by atoms with van der Waals surface area (Å²) in [5.41, 5.74) is 0.446. The number of carbonyl (C=O) groups is 1. The van der Waals surface area contributed by atoms with E-state index in [9.17, 15) is 4.79 Å². The average molecular weight is 332 g/mol. The molecule has 0 spiro atoms. The molecule has 7 nitrogen and oxygen atoms in total. The fraction of sp³-hybridized carbons (Fsp3) is 0.533. The van der Waals surface area contributed by atoms with Crippen molar-refractivity contribution >= 4 is 17.7 Å². The Morgan fingerprint density at radius 1 is 1.35 bits per heavy atom.